The van der Waals surface area contributed by atoms with E-state index in [1.807, 2.05) is 36.1 Å². The van der Waals surface area contributed by atoms with Gasteiger partial charge in [0.25, 0.3) is 5.56 Å². The van der Waals surface area contributed by atoms with Crippen molar-refractivity contribution in [2.45, 2.75) is 50.8 Å². The Labute approximate surface area is 195 Å². The zero-order valence-corrected chi connectivity index (χ0v) is 19.5. The van der Waals surface area contributed by atoms with Crippen molar-refractivity contribution in [3.05, 3.63) is 50.7 Å². The Morgan fingerprint density at radius 2 is 2.00 bits per heavy atom. The molecule has 0 spiro atoms. The van der Waals surface area contributed by atoms with E-state index in [4.69, 9.17) is 9.84 Å². The summed E-state index contributed by atoms with van der Waals surface area (Å²) < 4.78 is 7.59. The summed E-state index contributed by atoms with van der Waals surface area (Å²) in [5.74, 6) is 0.902. The third-order valence-electron chi connectivity index (χ3n) is 5.89. The van der Waals surface area contributed by atoms with Gasteiger partial charge in [0.1, 0.15) is 36.1 Å². The van der Waals surface area contributed by atoms with E-state index < -0.39 is 23.3 Å². The van der Waals surface area contributed by atoms with Gasteiger partial charge in [-0.25, -0.2) is 4.79 Å². The number of anilines is 2. The van der Waals surface area contributed by atoms with Gasteiger partial charge in [-0.05, 0) is 31.0 Å². The Kier molecular flexibility index (Phi) is 6.99. The van der Waals surface area contributed by atoms with Gasteiger partial charge < -0.3 is 20.1 Å². The van der Waals surface area contributed by atoms with Gasteiger partial charge in [-0.15, -0.1) is 11.8 Å². The van der Waals surface area contributed by atoms with Gasteiger partial charge in [0, 0.05) is 18.8 Å². The number of rotatable bonds is 9. The van der Waals surface area contributed by atoms with Crippen molar-refractivity contribution in [3.63, 3.8) is 0 Å². The lowest BCUT2D eigenvalue weighted by molar-refractivity contribution is -0.138. The van der Waals surface area contributed by atoms with E-state index in [0.717, 1.165) is 18.4 Å². The number of hydrogen-bond acceptors (Lipinski definition) is 8. The number of carbonyl (C=O) groups is 1. The van der Waals surface area contributed by atoms with Crippen LogP contribution in [0, 0.1) is 0 Å². The fourth-order valence-corrected chi connectivity index (χ4v) is 5.36. The summed E-state index contributed by atoms with van der Waals surface area (Å²) >= 11 is 1.57. The van der Waals surface area contributed by atoms with E-state index in [-0.39, 0.29) is 18.1 Å². The number of likely N-dealkylation sites (N-methyl/N-ethyl adjacent to an activating group) is 1. The second kappa shape index (κ2) is 9.92. The van der Waals surface area contributed by atoms with E-state index >= 15 is 0 Å². The second-order valence-electron chi connectivity index (χ2n) is 8.06. The standard InChI is InChI=1S/C22H29N5O5S/c1-3-5-10-27-18-17(19(28)25-22(27)31)26(4-2)16(24-18)11-32-14-8-6-13(7-9-14)20-23-15(12-33-20)21(29)30/h6-9,15-16,20,23-24H,3-5,10-12H2,1-2H3,(H,29,30)(H,25,28,31). The van der Waals surface area contributed by atoms with Crippen molar-refractivity contribution in [3.8, 4) is 5.75 Å². The minimum Gasteiger partial charge on any atom is -0.489 e. The van der Waals surface area contributed by atoms with Crippen LogP contribution in [0.15, 0.2) is 33.9 Å². The van der Waals surface area contributed by atoms with Gasteiger partial charge in [0.05, 0.1) is 5.37 Å². The number of carboxylic acids is 1. The largest absolute Gasteiger partial charge is 0.489 e. The van der Waals surface area contributed by atoms with Gasteiger partial charge in [0.15, 0.2) is 0 Å². The maximum absolute atomic E-state index is 12.5. The molecule has 178 valence electrons. The van der Waals surface area contributed by atoms with Crippen LogP contribution in [-0.4, -0.2) is 51.7 Å². The van der Waals surface area contributed by atoms with Crippen LogP contribution in [0.3, 0.4) is 0 Å². The van der Waals surface area contributed by atoms with E-state index in [0.29, 0.717) is 36.1 Å². The molecule has 10 nitrogen and oxygen atoms in total. The number of aromatic amines is 1. The Hall–Kier alpha value is -2.92. The molecule has 3 unspecified atom stereocenters. The fraction of sp³-hybridized carbons (Fsp3) is 0.500. The number of ether oxygens (including phenoxy) is 1. The number of hydrogen-bond donors (Lipinski definition) is 4. The number of aliphatic carboxylic acids is 1. The Morgan fingerprint density at radius 3 is 2.64 bits per heavy atom. The molecule has 2 aliphatic heterocycles. The molecule has 0 radical (unpaired) electrons. The number of benzene rings is 1. The third kappa shape index (κ3) is 4.74. The Bertz CT molecular complexity index is 1120. The minimum atomic E-state index is -0.838. The Morgan fingerprint density at radius 1 is 1.24 bits per heavy atom. The normalized spacial score (nSPS) is 21.6. The van der Waals surface area contributed by atoms with Gasteiger partial charge >= 0.3 is 11.7 Å². The highest BCUT2D eigenvalue weighted by Gasteiger charge is 2.34. The highest BCUT2D eigenvalue weighted by molar-refractivity contribution is 7.99. The van der Waals surface area contributed by atoms with E-state index in [1.165, 1.54) is 0 Å². The lowest BCUT2D eigenvalue weighted by Gasteiger charge is -2.24. The van der Waals surface area contributed by atoms with Crippen LogP contribution in [0.2, 0.25) is 0 Å². The summed E-state index contributed by atoms with van der Waals surface area (Å²) in [5.41, 5.74) is 0.653. The number of unbranched alkanes of at least 4 members (excludes halogenated alkanes) is 1. The van der Waals surface area contributed by atoms with Crippen LogP contribution in [0.25, 0.3) is 0 Å². The van der Waals surface area contributed by atoms with Crippen molar-refractivity contribution in [2.75, 3.05) is 29.1 Å². The van der Waals surface area contributed by atoms with Gasteiger partial charge in [-0.1, -0.05) is 25.5 Å². The molecule has 4 rings (SSSR count). The summed E-state index contributed by atoms with van der Waals surface area (Å²) in [6.45, 7) is 5.40. The molecule has 33 heavy (non-hydrogen) atoms. The predicted molar refractivity (Wildman–Crippen MR) is 128 cm³/mol. The molecule has 11 heteroatoms. The van der Waals surface area contributed by atoms with E-state index in [2.05, 4.69) is 22.5 Å². The monoisotopic (exact) mass is 475 g/mol. The first-order valence-corrected chi connectivity index (χ1v) is 12.2. The number of aromatic nitrogens is 2. The molecule has 0 amide bonds. The zero-order valence-electron chi connectivity index (χ0n) is 18.7. The summed E-state index contributed by atoms with van der Waals surface area (Å²) in [5, 5.41) is 15.5. The quantitative estimate of drug-likeness (QED) is 0.429. The second-order valence-corrected chi connectivity index (χ2v) is 9.20. The number of nitrogens with one attached hydrogen (secondary N) is 3. The summed E-state index contributed by atoms with van der Waals surface area (Å²) in [7, 11) is 0. The third-order valence-corrected chi connectivity index (χ3v) is 7.16. The number of fused-ring (bicyclic) bond motifs is 1. The molecule has 4 N–H and O–H groups in total. The van der Waals surface area contributed by atoms with Crippen molar-refractivity contribution in [1.29, 1.82) is 0 Å². The first-order chi connectivity index (χ1) is 15.9. The highest BCUT2D eigenvalue weighted by Crippen LogP contribution is 2.34. The molecule has 2 aliphatic rings. The minimum absolute atomic E-state index is 0.0618. The zero-order chi connectivity index (χ0) is 23.5. The number of thioether (sulfide) groups is 1. The van der Waals surface area contributed by atoms with Gasteiger partial charge in [-0.2, -0.15) is 0 Å². The van der Waals surface area contributed by atoms with Crippen LogP contribution in [0.1, 0.15) is 37.6 Å². The van der Waals surface area contributed by atoms with Crippen LogP contribution in [0.4, 0.5) is 11.5 Å². The van der Waals surface area contributed by atoms with Gasteiger partial charge in [0.2, 0.25) is 0 Å². The smallest absolute Gasteiger partial charge is 0.330 e. The summed E-state index contributed by atoms with van der Waals surface area (Å²) in [6, 6.07) is 7.02. The number of nitrogens with zero attached hydrogens (tertiary/aromatic N) is 2. The molecule has 1 aromatic carbocycles. The van der Waals surface area contributed by atoms with Crippen LogP contribution in [0.5, 0.6) is 5.75 Å². The maximum atomic E-state index is 12.5. The summed E-state index contributed by atoms with van der Waals surface area (Å²) in [4.78, 5) is 40.4. The van der Waals surface area contributed by atoms with Crippen LogP contribution >= 0.6 is 11.8 Å². The predicted octanol–water partition coefficient (Wildman–Crippen LogP) is 1.78. The molecule has 0 bridgehead atoms. The fourth-order valence-electron chi connectivity index (χ4n) is 4.13. The maximum Gasteiger partial charge on any atom is 0.330 e. The van der Waals surface area contributed by atoms with Crippen molar-refractivity contribution < 1.29 is 14.6 Å². The molecule has 0 saturated carbocycles. The van der Waals surface area contributed by atoms with Crippen LogP contribution in [-0.2, 0) is 11.3 Å². The average Bonchev–Trinajstić information content (AvgIpc) is 3.43. The molecule has 1 fully saturated rings. The first-order valence-electron chi connectivity index (χ1n) is 11.2. The molecule has 1 aromatic heterocycles. The first kappa shape index (κ1) is 23.2. The lowest BCUT2D eigenvalue weighted by atomic mass is 10.2. The lowest BCUT2D eigenvalue weighted by Crippen LogP contribution is -2.41. The molecule has 3 atom stereocenters. The molecular formula is C22H29N5O5S. The van der Waals surface area contributed by atoms with Crippen molar-refractivity contribution >= 4 is 29.2 Å². The van der Waals surface area contributed by atoms with E-state index in [9.17, 15) is 14.4 Å². The average molecular weight is 476 g/mol. The van der Waals surface area contributed by atoms with Gasteiger partial charge in [-0.3, -0.25) is 24.5 Å². The van der Waals surface area contributed by atoms with Crippen molar-refractivity contribution in [1.82, 2.24) is 14.9 Å². The molecule has 2 aromatic rings. The summed E-state index contributed by atoms with van der Waals surface area (Å²) in [6.07, 6.45) is 1.48. The highest BCUT2D eigenvalue weighted by atomic mass is 32.2. The Balaban J connectivity index is 1.44. The van der Waals surface area contributed by atoms with Crippen molar-refractivity contribution in [2.24, 2.45) is 0 Å². The molecule has 1 saturated heterocycles. The number of carboxylic acid groups (broad SMARTS) is 1. The SMILES string of the molecule is CCCCn1c2c(c(=O)[nH]c1=O)N(CC)C(COc1ccc(C3NC(C(=O)O)CS3)cc1)N2. The molecule has 3 heterocycles. The number of H-pyrrole nitrogens is 1. The van der Waals surface area contributed by atoms with E-state index in [1.54, 1.807) is 16.3 Å². The molecular weight excluding hydrogens is 446 g/mol. The van der Waals surface area contributed by atoms with Crippen LogP contribution < -0.4 is 31.5 Å². The molecule has 0 aliphatic carbocycles. The topological polar surface area (TPSA) is 129 Å².